The summed E-state index contributed by atoms with van der Waals surface area (Å²) < 4.78 is 5.94. The van der Waals surface area contributed by atoms with Gasteiger partial charge in [0.2, 0.25) is 5.91 Å². The largest absolute Gasteiger partial charge is 0.462 e. The van der Waals surface area contributed by atoms with Gasteiger partial charge in [-0.2, -0.15) is 0 Å². The average Bonchev–Trinajstić information content (AvgIpc) is 3.28. The third kappa shape index (κ3) is 46.2. The van der Waals surface area contributed by atoms with Gasteiger partial charge in [0.05, 0.1) is 25.2 Å². The van der Waals surface area contributed by atoms with Crippen molar-refractivity contribution in [3.05, 3.63) is 48.6 Å². The first-order valence-corrected chi connectivity index (χ1v) is 27.4. The highest BCUT2D eigenvalue weighted by Crippen LogP contribution is 2.18. The molecule has 3 unspecified atom stereocenters. The van der Waals surface area contributed by atoms with Crippen LogP contribution in [0.4, 0.5) is 0 Å². The smallest absolute Gasteiger partial charge is 0.306 e. The lowest BCUT2D eigenvalue weighted by Crippen LogP contribution is -2.46. The highest BCUT2D eigenvalue weighted by atomic mass is 16.5. The topological polar surface area (TPSA) is 95.9 Å². The number of rotatable bonds is 49. The van der Waals surface area contributed by atoms with Crippen LogP contribution in [0.25, 0.3) is 0 Å². The second-order valence-electron chi connectivity index (χ2n) is 18.6. The van der Waals surface area contributed by atoms with Crippen molar-refractivity contribution >= 4 is 11.9 Å². The number of esters is 1. The Bertz CT molecular complexity index is 1080. The SMILES string of the molecule is CCCCC/C=C\C/C=C\CCCCCCCCCC(=O)OC(CCCCCCC/C=C\C/C=C\CCCCC)CC(=O)NC(CO)C(O)CCCCCCCCCCCCCC. The van der Waals surface area contributed by atoms with Crippen molar-refractivity contribution in [2.45, 2.75) is 296 Å². The maximum Gasteiger partial charge on any atom is 0.306 e. The van der Waals surface area contributed by atoms with Crippen LogP contribution in [0.1, 0.15) is 278 Å². The Morgan fingerprint density at radius 2 is 0.810 bits per heavy atom. The fraction of sp³-hybridized carbons (Fsp3) is 0.825. The number of amides is 1. The lowest BCUT2D eigenvalue weighted by atomic mass is 10.0. The van der Waals surface area contributed by atoms with Gasteiger partial charge < -0.3 is 20.3 Å². The van der Waals surface area contributed by atoms with E-state index in [0.717, 1.165) is 83.5 Å². The molecule has 368 valence electrons. The Balaban J connectivity index is 4.60. The van der Waals surface area contributed by atoms with Gasteiger partial charge in [0, 0.05) is 6.42 Å². The molecule has 0 fully saturated rings. The van der Waals surface area contributed by atoms with Gasteiger partial charge in [-0.25, -0.2) is 0 Å². The third-order valence-electron chi connectivity index (χ3n) is 12.4. The second kappa shape index (κ2) is 50.8. The number of hydrogen-bond acceptors (Lipinski definition) is 5. The summed E-state index contributed by atoms with van der Waals surface area (Å²) in [4.78, 5) is 26.2. The van der Waals surface area contributed by atoms with E-state index in [9.17, 15) is 19.8 Å². The van der Waals surface area contributed by atoms with E-state index in [1.165, 1.54) is 148 Å². The van der Waals surface area contributed by atoms with E-state index >= 15 is 0 Å². The van der Waals surface area contributed by atoms with Gasteiger partial charge in [-0.1, -0.05) is 223 Å². The van der Waals surface area contributed by atoms with E-state index in [0.29, 0.717) is 19.3 Å². The molecule has 0 heterocycles. The maximum atomic E-state index is 13.2. The number of allylic oxidation sites excluding steroid dienone is 8. The molecule has 0 radical (unpaired) electrons. The molecule has 0 saturated carbocycles. The molecule has 0 saturated heterocycles. The predicted molar refractivity (Wildman–Crippen MR) is 273 cm³/mol. The van der Waals surface area contributed by atoms with Crippen molar-refractivity contribution < 1.29 is 24.5 Å². The molecular formula is C57H105NO5. The van der Waals surface area contributed by atoms with Crippen LogP contribution < -0.4 is 5.32 Å². The Morgan fingerprint density at radius 1 is 0.460 bits per heavy atom. The van der Waals surface area contributed by atoms with Crippen molar-refractivity contribution in [2.75, 3.05) is 6.61 Å². The second-order valence-corrected chi connectivity index (χ2v) is 18.6. The van der Waals surface area contributed by atoms with E-state index in [1.807, 2.05) is 0 Å². The van der Waals surface area contributed by atoms with Gasteiger partial charge >= 0.3 is 5.97 Å². The molecule has 6 heteroatoms. The van der Waals surface area contributed by atoms with Gasteiger partial charge in [0.25, 0.3) is 0 Å². The Morgan fingerprint density at radius 3 is 1.24 bits per heavy atom. The number of nitrogens with one attached hydrogen (secondary N) is 1. The molecule has 0 aliphatic rings. The van der Waals surface area contributed by atoms with Gasteiger partial charge in [0.15, 0.2) is 0 Å². The zero-order valence-electron chi connectivity index (χ0n) is 42.0. The van der Waals surface area contributed by atoms with E-state index in [-0.39, 0.29) is 24.9 Å². The summed E-state index contributed by atoms with van der Waals surface area (Å²) in [6.45, 7) is 6.44. The average molecular weight is 884 g/mol. The van der Waals surface area contributed by atoms with Crippen LogP contribution in [-0.4, -0.2) is 46.9 Å². The number of unbranched alkanes of at least 4 members (excludes halogenated alkanes) is 29. The molecule has 6 nitrogen and oxygen atoms in total. The van der Waals surface area contributed by atoms with Crippen LogP contribution in [0.5, 0.6) is 0 Å². The van der Waals surface area contributed by atoms with E-state index in [2.05, 4.69) is 74.7 Å². The maximum absolute atomic E-state index is 13.2. The van der Waals surface area contributed by atoms with Crippen molar-refractivity contribution in [2.24, 2.45) is 0 Å². The van der Waals surface area contributed by atoms with E-state index < -0.39 is 18.2 Å². The van der Waals surface area contributed by atoms with Gasteiger partial charge in [-0.15, -0.1) is 0 Å². The van der Waals surface area contributed by atoms with Gasteiger partial charge in [0.1, 0.15) is 6.10 Å². The number of aliphatic hydroxyl groups is 2. The fourth-order valence-electron chi connectivity index (χ4n) is 8.20. The first-order chi connectivity index (χ1) is 31.0. The molecule has 3 atom stereocenters. The summed E-state index contributed by atoms with van der Waals surface area (Å²) in [6, 6.07) is -0.707. The number of ether oxygens (including phenoxy) is 1. The zero-order valence-corrected chi connectivity index (χ0v) is 42.0. The molecule has 0 aliphatic carbocycles. The minimum Gasteiger partial charge on any atom is -0.462 e. The van der Waals surface area contributed by atoms with Crippen LogP contribution >= 0.6 is 0 Å². The van der Waals surface area contributed by atoms with Crippen molar-refractivity contribution in [3.8, 4) is 0 Å². The predicted octanol–water partition coefficient (Wildman–Crippen LogP) is 16.6. The van der Waals surface area contributed by atoms with Gasteiger partial charge in [-0.05, 0) is 89.9 Å². The molecule has 0 aromatic heterocycles. The van der Waals surface area contributed by atoms with Crippen LogP contribution in [0.2, 0.25) is 0 Å². The van der Waals surface area contributed by atoms with Crippen LogP contribution in [0, 0.1) is 0 Å². The lowest BCUT2D eigenvalue weighted by molar-refractivity contribution is -0.151. The normalized spacial score (nSPS) is 13.5. The van der Waals surface area contributed by atoms with Crippen LogP contribution in [0.3, 0.4) is 0 Å². The number of carbonyl (C=O) groups excluding carboxylic acids is 2. The lowest BCUT2D eigenvalue weighted by Gasteiger charge is -2.24. The molecule has 0 spiro atoms. The summed E-state index contributed by atoms with van der Waals surface area (Å²) in [7, 11) is 0. The Labute approximate surface area is 391 Å². The first-order valence-electron chi connectivity index (χ1n) is 27.4. The van der Waals surface area contributed by atoms with Crippen molar-refractivity contribution in [3.63, 3.8) is 0 Å². The molecule has 0 aliphatic heterocycles. The Kier molecular flexibility index (Phi) is 49.1. The Hall–Kier alpha value is -2.18. The fourth-order valence-corrected chi connectivity index (χ4v) is 8.20. The molecule has 3 N–H and O–H groups in total. The molecule has 0 rings (SSSR count). The number of carbonyl (C=O) groups is 2. The quantitative estimate of drug-likeness (QED) is 0.0321. The molecule has 1 amide bonds. The summed E-state index contributed by atoms with van der Waals surface area (Å²) in [5.41, 5.74) is 0. The summed E-state index contributed by atoms with van der Waals surface area (Å²) in [5.74, 6) is -0.489. The summed E-state index contributed by atoms with van der Waals surface area (Å²) in [5, 5.41) is 23.8. The summed E-state index contributed by atoms with van der Waals surface area (Å²) in [6.07, 6.45) is 61.6. The molecule has 63 heavy (non-hydrogen) atoms. The highest BCUT2D eigenvalue weighted by molar-refractivity contribution is 5.77. The van der Waals surface area contributed by atoms with Crippen molar-refractivity contribution in [1.29, 1.82) is 0 Å². The summed E-state index contributed by atoms with van der Waals surface area (Å²) >= 11 is 0. The van der Waals surface area contributed by atoms with Crippen LogP contribution in [-0.2, 0) is 14.3 Å². The van der Waals surface area contributed by atoms with E-state index in [4.69, 9.17) is 4.74 Å². The monoisotopic (exact) mass is 884 g/mol. The number of aliphatic hydroxyl groups excluding tert-OH is 2. The standard InChI is InChI=1S/C57H105NO5/c1-4-7-10-13-16-19-22-25-27-28-30-32-35-38-41-44-47-50-57(62)63-53(48-45-42-39-36-33-31-29-26-23-20-17-14-11-8-5-2)51-56(61)58-54(52-59)55(60)49-46-43-40-37-34-24-21-18-15-12-9-6-3/h16-17,19-20,25-27,29,53-55,59-60H,4-15,18,21-24,28,30-52H2,1-3H3,(H,58,61)/b19-16-,20-17-,27-25-,29-26-. The highest BCUT2D eigenvalue weighted by Gasteiger charge is 2.24. The molecule has 0 bridgehead atoms. The molecular weight excluding hydrogens is 779 g/mol. The third-order valence-corrected chi connectivity index (χ3v) is 12.4. The van der Waals surface area contributed by atoms with E-state index in [1.54, 1.807) is 0 Å². The first kappa shape index (κ1) is 60.8. The number of hydrogen-bond donors (Lipinski definition) is 3. The van der Waals surface area contributed by atoms with Crippen LogP contribution in [0.15, 0.2) is 48.6 Å². The molecule has 0 aromatic rings. The zero-order chi connectivity index (χ0) is 45.9. The molecule has 0 aromatic carbocycles. The minimum atomic E-state index is -0.792. The van der Waals surface area contributed by atoms with Gasteiger partial charge in [-0.3, -0.25) is 9.59 Å². The van der Waals surface area contributed by atoms with Crippen molar-refractivity contribution in [1.82, 2.24) is 5.32 Å². The minimum absolute atomic E-state index is 0.0658.